The van der Waals surface area contributed by atoms with Crippen LogP contribution in [-0.2, 0) is 4.74 Å². The van der Waals surface area contributed by atoms with Crippen molar-refractivity contribution in [3.63, 3.8) is 0 Å². The Kier molecular flexibility index (Phi) is 4.41. The van der Waals surface area contributed by atoms with Crippen molar-refractivity contribution in [2.24, 2.45) is 0 Å². The number of aryl methyl sites for hydroxylation is 1. The van der Waals surface area contributed by atoms with Crippen molar-refractivity contribution in [3.8, 4) is 0 Å². The van der Waals surface area contributed by atoms with E-state index in [1.165, 1.54) is 10.6 Å². The molecule has 1 aromatic carbocycles. The van der Waals surface area contributed by atoms with Crippen LogP contribution in [0.2, 0.25) is 0 Å². The molecule has 21 heavy (non-hydrogen) atoms. The summed E-state index contributed by atoms with van der Waals surface area (Å²) >= 11 is 1.71. The number of benzene rings is 1. The first-order valence-electron chi connectivity index (χ1n) is 7.33. The first-order chi connectivity index (χ1) is 10.2. The Balaban J connectivity index is 1.65. The number of hydrogen-bond donors (Lipinski definition) is 1. The van der Waals surface area contributed by atoms with Crippen LogP contribution in [0.1, 0.15) is 23.5 Å². The zero-order chi connectivity index (χ0) is 14.7. The highest BCUT2D eigenvalue weighted by Gasteiger charge is 2.13. The molecule has 0 spiro atoms. The summed E-state index contributed by atoms with van der Waals surface area (Å²) in [6, 6.07) is 8.95. The zero-order valence-electron chi connectivity index (χ0n) is 12.5. The van der Waals surface area contributed by atoms with Gasteiger partial charge in [0, 0.05) is 29.3 Å². The van der Waals surface area contributed by atoms with Gasteiger partial charge in [0.05, 0.1) is 30.5 Å². The molecule has 4 nitrogen and oxygen atoms in total. The van der Waals surface area contributed by atoms with Gasteiger partial charge < -0.3 is 15.0 Å². The second-order valence-corrected chi connectivity index (χ2v) is 6.20. The van der Waals surface area contributed by atoms with Gasteiger partial charge in [-0.15, -0.1) is 11.3 Å². The average Bonchev–Trinajstić information content (AvgIpc) is 2.95. The number of nitrogens with zero attached hydrogens (tertiary/aromatic N) is 2. The molecule has 1 aliphatic rings. The minimum Gasteiger partial charge on any atom is -0.378 e. The molecule has 0 aliphatic carbocycles. The van der Waals surface area contributed by atoms with E-state index in [9.17, 15) is 0 Å². The van der Waals surface area contributed by atoms with E-state index < -0.39 is 0 Å². The highest BCUT2D eigenvalue weighted by atomic mass is 32.1. The van der Waals surface area contributed by atoms with Gasteiger partial charge in [-0.1, -0.05) is 0 Å². The summed E-state index contributed by atoms with van der Waals surface area (Å²) in [5.74, 6) is 0. The number of ether oxygens (including phenoxy) is 1. The lowest BCUT2D eigenvalue weighted by molar-refractivity contribution is 0.122. The number of rotatable bonds is 4. The van der Waals surface area contributed by atoms with Crippen molar-refractivity contribution >= 4 is 22.7 Å². The van der Waals surface area contributed by atoms with E-state index in [1.807, 2.05) is 5.51 Å². The molecule has 112 valence electrons. The molecule has 1 saturated heterocycles. The van der Waals surface area contributed by atoms with Gasteiger partial charge in [-0.25, -0.2) is 4.98 Å². The van der Waals surface area contributed by atoms with E-state index in [0.29, 0.717) is 0 Å². The molecule has 3 rings (SSSR count). The molecule has 1 N–H and O–H groups in total. The number of thiazole rings is 1. The molecule has 2 aromatic rings. The Morgan fingerprint density at radius 1 is 1.24 bits per heavy atom. The molecule has 1 aliphatic heterocycles. The molecule has 0 saturated carbocycles. The summed E-state index contributed by atoms with van der Waals surface area (Å²) in [5.41, 5.74) is 5.44. The quantitative estimate of drug-likeness (QED) is 0.938. The topological polar surface area (TPSA) is 37.4 Å². The van der Waals surface area contributed by atoms with E-state index in [-0.39, 0.29) is 6.04 Å². The predicted molar refractivity (Wildman–Crippen MR) is 88.4 cm³/mol. The lowest BCUT2D eigenvalue weighted by Crippen LogP contribution is -2.36. The van der Waals surface area contributed by atoms with Crippen molar-refractivity contribution in [3.05, 3.63) is 40.3 Å². The number of anilines is 2. The fourth-order valence-electron chi connectivity index (χ4n) is 2.63. The Hall–Kier alpha value is -1.59. The minimum absolute atomic E-state index is 0.284. The van der Waals surface area contributed by atoms with E-state index in [2.05, 4.69) is 53.3 Å². The maximum Gasteiger partial charge on any atom is 0.0798 e. The highest BCUT2D eigenvalue weighted by Crippen LogP contribution is 2.26. The van der Waals surface area contributed by atoms with Gasteiger partial charge in [-0.3, -0.25) is 0 Å². The Morgan fingerprint density at radius 3 is 2.57 bits per heavy atom. The summed E-state index contributed by atoms with van der Waals surface area (Å²) in [4.78, 5) is 7.98. The molecule has 1 aromatic heterocycles. The van der Waals surface area contributed by atoms with Crippen molar-refractivity contribution in [1.82, 2.24) is 4.98 Å². The summed E-state index contributed by atoms with van der Waals surface area (Å²) in [6.07, 6.45) is 0. The van der Waals surface area contributed by atoms with Crippen LogP contribution >= 0.6 is 11.3 Å². The lowest BCUT2D eigenvalue weighted by atomic mass is 10.2. The van der Waals surface area contributed by atoms with Gasteiger partial charge in [0.15, 0.2) is 0 Å². The van der Waals surface area contributed by atoms with Gasteiger partial charge in [0.1, 0.15) is 0 Å². The maximum atomic E-state index is 5.39. The smallest absolute Gasteiger partial charge is 0.0798 e. The van der Waals surface area contributed by atoms with Crippen LogP contribution in [0.3, 0.4) is 0 Å². The standard InChI is InChI=1S/C16H21N3OS/c1-12-16(21-11-17-12)13(2)18-14-3-5-15(6-4-14)19-7-9-20-10-8-19/h3-6,11,13,18H,7-10H2,1-2H3. The van der Waals surface area contributed by atoms with Crippen molar-refractivity contribution in [2.45, 2.75) is 19.9 Å². The second-order valence-electron chi connectivity index (χ2n) is 5.31. The Bertz CT molecular complexity index is 575. The number of nitrogens with one attached hydrogen (secondary N) is 1. The average molecular weight is 303 g/mol. The van der Waals surface area contributed by atoms with E-state index in [4.69, 9.17) is 4.74 Å². The lowest BCUT2D eigenvalue weighted by Gasteiger charge is -2.29. The number of aromatic nitrogens is 1. The maximum absolute atomic E-state index is 5.39. The summed E-state index contributed by atoms with van der Waals surface area (Å²) in [6.45, 7) is 7.83. The first kappa shape index (κ1) is 14.4. The monoisotopic (exact) mass is 303 g/mol. The largest absolute Gasteiger partial charge is 0.378 e. The third kappa shape index (κ3) is 3.36. The van der Waals surface area contributed by atoms with Gasteiger partial charge in [0.25, 0.3) is 0 Å². The van der Waals surface area contributed by atoms with Gasteiger partial charge >= 0.3 is 0 Å². The molecule has 1 unspecified atom stereocenters. The second kappa shape index (κ2) is 6.45. The van der Waals surface area contributed by atoms with Gasteiger partial charge in [-0.2, -0.15) is 0 Å². The van der Waals surface area contributed by atoms with Crippen LogP contribution in [0.4, 0.5) is 11.4 Å². The SMILES string of the molecule is Cc1ncsc1C(C)Nc1ccc(N2CCOCC2)cc1. The predicted octanol–water partition coefficient (Wildman–Crippen LogP) is 3.46. The van der Waals surface area contributed by atoms with Crippen molar-refractivity contribution in [1.29, 1.82) is 0 Å². The van der Waals surface area contributed by atoms with Gasteiger partial charge in [-0.05, 0) is 38.1 Å². The third-order valence-corrected chi connectivity index (χ3v) is 4.92. The molecular weight excluding hydrogens is 282 g/mol. The minimum atomic E-state index is 0.284. The molecule has 5 heteroatoms. The van der Waals surface area contributed by atoms with E-state index in [0.717, 1.165) is 37.7 Å². The Morgan fingerprint density at radius 2 is 1.95 bits per heavy atom. The normalized spacial score (nSPS) is 16.8. The summed E-state index contributed by atoms with van der Waals surface area (Å²) < 4.78 is 5.39. The molecule has 1 fully saturated rings. The van der Waals surface area contributed by atoms with Crippen LogP contribution in [0.15, 0.2) is 29.8 Å². The van der Waals surface area contributed by atoms with Crippen LogP contribution in [-0.4, -0.2) is 31.3 Å². The summed E-state index contributed by atoms with van der Waals surface area (Å²) in [5, 5.41) is 3.54. The molecular formula is C16H21N3OS. The fourth-order valence-corrected chi connectivity index (χ4v) is 3.44. The van der Waals surface area contributed by atoms with Crippen LogP contribution in [0.5, 0.6) is 0 Å². The highest BCUT2D eigenvalue weighted by molar-refractivity contribution is 7.09. The molecule has 0 bridgehead atoms. The fraction of sp³-hybridized carbons (Fsp3) is 0.438. The molecule has 2 heterocycles. The molecule has 0 amide bonds. The molecule has 1 atom stereocenters. The first-order valence-corrected chi connectivity index (χ1v) is 8.21. The van der Waals surface area contributed by atoms with Crippen LogP contribution in [0, 0.1) is 6.92 Å². The zero-order valence-corrected chi connectivity index (χ0v) is 13.3. The van der Waals surface area contributed by atoms with E-state index in [1.54, 1.807) is 11.3 Å². The Labute approximate surface area is 129 Å². The third-order valence-electron chi connectivity index (χ3n) is 3.80. The van der Waals surface area contributed by atoms with Crippen LogP contribution in [0.25, 0.3) is 0 Å². The number of morpholine rings is 1. The van der Waals surface area contributed by atoms with E-state index >= 15 is 0 Å². The van der Waals surface area contributed by atoms with Crippen molar-refractivity contribution in [2.75, 3.05) is 36.5 Å². The van der Waals surface area contributed by atoms with Crippen molar-refractivity contribution < 1.29 is 4.74 Å². The number of hydrogen-bond acceptors (Lipinski definition) is 5. The van der Waals surface area contributed by atoms with Gasteiger partial charge in [0.2, 0.25) is 0 Å². The summed E-state index contributed by atoms with van der Waals surface area (Å²) in [7, 11) is 0. The van der Waals surface area contributed by atoms with Crippen LogP contribution < -0.4 is 10.2 Å². The molecule has 0 radical (unpaired) electrons.